The van der Waals surface area contributed by atoms with Crippen LogP contribution in [-0.2, 0) is 26.2 Å². The molecule has 7 nitrogen and oxygen atoms in total. The molecule has 0 aromatic heterocycles. The molecule has 0 unspecified atom stereocenters. The van der Waals surface area contributed by atoms with Gasteiger partial charge in [0.05, 0.1) is 10.6 Å². The molecule has 1 N–H and O–H groups in total. The summed E-state index contributed by atoms with van der Waals surface area (Å²) in [5, 5.41) is 3.64. The lowest BCUT2D eigenvalue weighted by atomic mass is 10.1. The van der Waals surface area contributed by atoms with Crippen molar-refractivity contribution in [1.82, 2.24) is 10.2 Å². The van der Waals surface area contributed by atoms with Crippen molar-refractivity contribution in [2.24, 2.45) is 0 Å². The van der Waals surface area contributed by atoms with Crippen molar-refractivity contribution in [3.8, 4) is 0 Å². The largest absolute Gasteiger partial charge is 0.352 e. The number of nitrogens with zero attached hydrogens (tertiary/aromatic N) is 2. The van der Waals surface area contributed by atoms with Gasteiger partial charge in [-0.15, -0.1) is 0 Å². The van der Waals surface area contributed by atoms with Crippen molar-refractivity contribution in [3.05, 3.63) is 94.0 Å². The maximum Gasteiger partial charge on any atom is 0.264 e. The summed E-state index contributed by atoms with van der Waals surface area (Å²) in [6, 6.07) is 18.8. The van der Waals surface area contributed by atoms with Gasteiger partial charge in [0.25, 0.3) is 10.0 Å². The Balaban J connectivity index is 2.08. The number of aryl methyl sites for hydroxylation is 1. The molecule has 0 aliphatic heterocycles. The molecule has 3 rings (SSSR count). The van der Waals surface area contributed by atoms with Crippen molar-refractivity contribution in [1.29, 1.82) is 0 Å². The monoisotopic (exact) mass is 589 g/mol. The lowest BCUT2D eigenvalue weighted by Crippen LogP contribution is -2.53. The van der Waals surface area contributed by atoms with Crippen LogP contribution in [0.1, 0.15) is 38.3 Å². The molecule has 0 radical (unpaired) electrons. The van der Waals surface area contributed by atoms with Crippen LogP contribution in [0.25, 0.3) is 0 Å². The zero-order chi connectivity index (χ0) is 28.7. The molecule has 0 saturated heterocycles. The third-order valence-corrected chi connectivity index (χ3v) is 8.45. The van der Waals surface area contributed by atoms with Gasteiger partial charge in [-0.05, 0) is 74.7 Å². The highest BCUT2D eigenvalue weighted by molar-refractivity contribution is 7.92. The molecule has 3 aromatic carbocycles. The molecule has 39 heavy (non-hydrogen) atoms. The fraction of sp³-hybridized carbons (Fsp3) is 0.310. The molecular formula is C29H33Cl2N3O4S. The van der Waals surface area contributed by atoms with Gasteiger partial charge in [-0.3, -0.25) is 13.9 Å². The summed E-state index contributed by atoms with van der Waals surface area (Å²) >= 11 is 12.5. The second-order valence-electron chi connectivity index (χ2n) is 9.51. The van der Waals surface area contributed by atoms with E-state index >= 15 is 0 Å². The third kappa shape index (κ3) is 7.75. The Kier molecular flexibility index (Phi) is 10.4. The smallest absolute Gasteiger partial charge is 0.264 e. The molecular weight excluding hydrogens is 557 g/mol. The van der Waals surface area contributed by atoms with E-state index in [-0.39, 0.29) is 23.4 Å². The molecule has 0 fully saturated rings. The van der Waals surface area contributed by atoms with Gasteiger partial charge in [0.2, 0.25) is 11.8 Å². The maximum atomic E-state index is 14.0. The van der Waals surface area contributed by atoms with Gasteiger partial charge in [0.1, 0.15) is 12.6 Å². The van der Waals surface area contributed by atoms with Gasteiger partial charge in [-0.1, -0.05) is 66.5 Å². The quantitative estimate of drug-likeness (QED) is 0.305. The lowest BCUT2D eigenvalue weighted by molar-refractivity contribution is -0.140. The summed E-state index contributed by atoms with van der Waals surface area (Å²) < 4.78 is 28.7. The molecule has 0 heterocycles. The summed E-state index contributed by atoms with van der Waals surface area (Å²) in [7, 11) is -4.12. The number of carbonyl (C=O) groups excluding carboxylic acids is 2. The first-order chi connectivity index (χ1) is 18.4. The number of benzene rings is 3. The highest BCUT2D eigenvalue weighted by Gasteiger charge is 2.34. The minimum absolute atomic E-state index is 0.00804. The van der Waals surface area contributed by atoms with Gasteiger partial charge >= 0.3 is 0 Å². The molecule has 0 aliphatic rings. The van der Waals surface area contributed by atoms with Crippen LogP contribution in [0.5, 0.6) is 0 Å². The Labute approximate surface area is 240 Å². The van der Waals surface area contributed by atoms with Crippen molar-refractivity contribution in [3.63, 3.8) is 0 Å². The zero-order valence-corrected chi connectivity index (χ0v) is 24.7. The van der Waals surface area contributed by atoms with Crippen LogP contribution in [0.3, 0.4) is 0 Å². The highest BCUT2D eigenvalue weighted by Crippen LogP contribution is 2.27. The Bertz CT molecular complexity index is 1420. The first-order valence-electron chi connectivity index (χ1n) is 12.6. The summed E-state index contributed by atoms with van der Waals surface area (Å²) in [6.45, 7) is 6.78. The predicted molar refractivity (Wildman–Crippen MR) is 157 cm³/mol. The number of rotatable bonds is 11. The number of nitrogens with one attached hydrogen (secondary N) is 1. The first kappa shape index (κ1) is 30.5. The number of anilines is 1. The number of halogens is 2. The van der Waals surface area contributed by atoms with E-state index in [1.54, 1.807) is 61.5 Å². The summed E-state index contributed by atoms with van der Waals surface area (Å²) in [5.74, 6) is -0.883. The molecule has 0 bridgehead atoms. The Morgan fingerprint density at radius 2 is 1.64 bits per heavy atom. The molecule has 0 aliphatic carbocycles. The van der Waals surface area contributed by atoms with Crippen molar-refractivity contribution in [2.45, 2.75) is 57.6 Å². The Hall–Kier alpha value is -3.07. The topological polar surface area (TPSA) is 86.8 Å². The van der Waals surface area contributed by atoms with Crippen molar-refractivity contribution < 1.29 is 18.0 Å². The van der Waals surface area contributed by atoms with E-state index in [2.05, 4.69) is 5.32 Å². The van der Waals surface area contributed by atoms with E-state index in [4.69, 9.17) is 23.2 Å². The summed E-state index contributed by atoms with van der Waals surface area (Å²) in [4.78, 5) is 28.7. The summed E-state index contributed by atoms with van der Waals surface area (Å²) in [5.41, 5.74) is 1.76. The van der Waals surface area contributed by atoms with E-state index in [0.29, 0.717) is 27.7 Å². The second-order valence-corrected chi connectivity index (χ2v) is 12.2. The van der Waals surface area contributed by atoms with Gasteiger partial charge in [-0.2, -0.15) is 0 Å². The van der Waals surface area contributed by atoms with Gasteiger partial charge in [0.15, 0.2) is 0 Å². The highest BCUT2D eigenvalue weighted by atomic mass is 35.5. The van der Waals surface area contributed by atoms with E-state index in [1.165, 1.54) is 17.0 Å². The zero-order valence-electron chi connectivity index (χ0n) is 22.4. The standard InChI is InChI=1S/C29H33Cl2N3O4S/c1-5-27(29(36)32-20(2)3)33(18-22-14-15-23(30)17-26(22)31)28(35)19-34(24-11-9-10-21(4)16-24)39(37,38)25-12-7-6-8-13-25/h6-17,20,27H,5,18-19H2,1-4H3,(H,32,36)/t27-/m1/s1. The van der Waals surface area contributed by atoms with Crippen LogP contribution >= 0.6 is 23.2 Å². The van der Waals surface area contributed by atoms with Crippen LogP contribution in [0.15, 0.2) is 77.7 Å². The van der Waals surface area contributed by atoms with Crippen LogP contribution in [0.4, 0.5) is 5.69 Å². The van der Waals surface area contributed by atoms with Gasteiger partial charge < -0.3 is 10.2 Å². The number of sulfonamides is 1. The average molecular weight is 591 g/mol. The minimum Gasteiger partial charge on any atom is -0.352 e. The molecule has 2 amide bonds. The summed E-state index contributed by atoms with van der Waals surface area (Å²) in [6.07, 6.45) is 0.311. The number of amides is 2. The average Bonchev–Trinajstić information content (AvgIpc) is 2.88. The number of carbonyl (C=O) groups is 2. The minimum atomic E-state index is -4.12. The maximum absolute atomic E-state index is 14.0. The SMILES string of the molecule is CC[C@H](C(=O)NC(C)C)N(Cc1ccc(Cl)cc1Cl)C(=O)CN(c1cccc(C)c1)S(=O)(=O)c1ccccc1. The molecule has 10 heteroatoms. The molecule has 1 atom stereocenters. The molecule has 0 spiro atoms. The van der Waals surface area contributed by atoms with Crippen LogP contribution in [0.2, 0.25) is 10.0 Å². The number of hydrogen-bond donors (Lipinski definition) is 1. The fourth-order valence-corrected chi connectivity index (χ4v) is 6.06. The molecule has 208 valence electrons. The molecule has 3 aromatic rings. The third-order valence-electron chi connectivity index (χ3n) is 6.07. The van der Waals surface area contributed by atoms with Crippen LogP contribution < -0.4 is 9.62 Å². The Morgan fingerprint density at radius 3 is 2.23 bits per heavy atom. The van der Waals surface area contributed by atoms with E-state index in [1.807, 2.05) is 26.8 Å². The van der Waals surface area contributed by atoms with Gasteiger partial charge in [0, 0.05) is 22.6 Å². The fourth-order valence-electron chi connectivity index (χ4n) is 4.17. The van der Waals surface area contributed by atoms with E-state index < -0.39 is 28.5 Å². The van der Waals surface area contributed by atoms with Gasteiger partial charge in [-0.25, -0.2) is 8.42 Å². The lowest BCUT2D eigenvalue weighted by Gasteiger charge is -2.33. The van der Waals surface area contributed by atoms with Crippen molar-refractivity contribution in [2.75, 3.05) is 10.8 Å². The molecule has 0 saturated carbocycles. The predicted octanol–water partition coefficient (Wildman–Crippen LogP) is 5.83. The second kappa shape index (κ2) is 13.3. The van der Waals surface area contributed by atoms with Crippen LogP contribution in [-0.4, -0.2) is 43.8 Å². The van der Waals surface area contributed by atoms with E-state index in [9.17, 15) is 18.0 Å². The van der Waals surface area contributed by atoms with E-state index in [0.717, 1.165) is 9.87 Å². The van der Waals surface area contributed by atoms with Crippen molar-refractivity contribution >= 4 is 50.7 Å². The number of hydrogen-bond acceptors (Lipinski definition) is 4. The first-order valence-corrected chi connectivity index (χ1v) is 14.8. The Morgan fingerprint density at radius 1 is 0.949 bits per heavy atom. The van der Waals surface area contributed by atoms with Crippen LogP contribution in [0, 0.1) is 6.92 Å². The normalized spacial score (nSPS) is 12.2.